The van der Waals surface area contributed by atoms with E-state index in [4.69, 9.17) is 5.11 Å². The van der Waals surface area contributed by atoms with Gasteiger partial charge in [-0.1, -0.05) is 20.8 Å². The number of H-pyrrole nitrogens is 1. The van der Waals surface area contributed by atoms with Crippen molar-refractivity contribution in [2.24, 2.45) is 5.92 Å². The molecule has 0 fully saturated rings. The number of halogens is 1. The third-order valence-corrected chi connectivity index (χ3v) is 3.23. The summed E-state index contributed by atoms with van der Waals surface area (Å²) in [6.07, 6.45) is 0. The number of aromatic carboxylic acids is 1. The fourth-order valence-corrected chi connectivity index (χ4v) is 1.80. The monoisotopic (exact) mass is 250 g/mol. The molecule has 5 heteroatoms. The van der Waals surface area contributed by atoms with Gasteiger partial charge in [0.15, 0.2) is 0 Å². The Morgan fingerprint density at radius 2 is 2.06 bits per heavy atom. The Kier molecular flexibility index (Phi) is 3.07. The molecule has 0 radical (unpaired) electrons. The van der Waals surface area contributed by atoms with Crippen LogP contribution in [0, 0.1) is 11.7 Å². The van der Waals surface area contributed by atoms with Gasteiger partial charge in [-0.05, 0) is 18.1 Å². The van der Waals surface area contributed by atoms with Crippen LogP contribution in [0.5, 0.6) is 0 Å². The number of aromatic amines is 1. The van der Waals surface area contributed by atoms with Crippen LogP contribution in [0.15, 0.2) is 12.1 Å². The molecule has 18 heavy (non-hydrogen) atoms. The van der Waals surface area contributed by atoms with Gasteiger partial charge in [0.1, 0.15) is 17.2 Å². The van der Waals surface area contributed by atoms with Crippen LogP contribution in [-0.2, 0) is 0 Å². The summed E-state index contributed by atoms with van der Waals surface area (Å²) in [6.45, 7) is 6.10. The van der Waals surface area contributed by atoms with E-state index >= 15 is 0 Å². The number of nitrogens with one attached hydrogen (secondary N) is 1. The van der Waals surface area contributed by atoms with Crippen molar-refractivity contribution in [1.29, 1.82) is 0 Å². The summed E-state index contributed by atoms with van der Waals surface area (Å²) in [4.78, 5) is 18.4. The molecule has 0 spiro atoms. The summed E-state index contributed by atoms with van der Waals surface area (Å²) in [5, 5.41) is 9.04. The van der Waals surface area contributed by atoms with E-state index in [0.717, 1.165) is 6.07 Å². The van der Waals surface area contributed by atoms with Crippen LogP contribution in [0.4, 0.5) is 4.39 Å². The van der Waals surface area contributed by atoms with E-state index in [9.17, 15) is 9.18 Å². The molecule has 1 unspecified atom stereocenters. The number of hydrogen-bond donors (Lipinski definition) is 2. The van der Waals surface area contributed by atoms with Crippen molar-refractivity contribution in [3.8, 4) is 0 Å². The zero-order chi connectivity index (χ0) is 13.4. The van der Waals surface area contributed by atoms with Crippen LogP contribution < -0.4 is 0 Å². The first kappa shape index (κ1) is 12.5. The summed E-state index contributed by atoms with van der Waals surface area (Å²) >= 11 is 0. The standard InChI is InChI=1S/C13H15FN2O2/c1-6(2)7(3)12-15-10-5-8(14)4-9(13(17)18)11(10)16-12/h4-7H,1-3H3,(H,15,16)(H,17,18). The Labute approximate surface area is 104 Å². The van der Waals surface area contributed by atoms with E-state index in [-0.39, 0.29) is 11.5 Å². The van der Waals surface area contributed by atoms with Crippen molar-refractivity contribution in [1.82, 2.24) is 9.97 Å². The zero-order valence-electron chi connectivity index (χ0n) is 10.5. The molecule has 4 nitrogen and oxygen atoms in total. The van der Waals surface area contributed by atoms with Gasteiger partial charge in [-0.25, -0.2) is 14.2 Å². The average Bonchev–Trinajstić information content (AvgIpc) is 2.69. The van der Waals surface area contributed by atoms with Crippen LogP contribution in [0.3, 0.4) is 0 Å². The number of fused-ring (bicyclic) bond motifs is 1. The van der Waals surface area contributed by atoms with Crippen LogP contribution in [0.1, 0.15) is 42.9 Å². The highest BCUT2D eigenvalue weighted by Gasteiger charge is 2.19. The molecule has 0 amide bonds. The van der Waals surface area contributed by atoms with Crippen molar-refractivity contribution in [3.63, 3.8) is 0 Å². The lowest BCUT2D eigenvalue weighted by molar-refractivity contribution is 0.0698. The van der Waals surface area contributed by atoms with Gasteiger partial charge in [0.2, 0.25) is 0 Å². The smallest absolute Gasteiger partial charge is 0.338 e. The number of aromatic nitrogens is 2. The molecule has 0 aliphatic heterocycles. The highest BCUT2D eigenvalue weighted by Crippen LogP contribution is 2.26. The minimum absolute atomic E-state index is 0.108. The molecule has 1 heterocycles. The van der Waals surface area contributed by atoms with Gasteiger partial charge in [0.05, 0.1) is 11.1 Å². The molecule has 2 N–H and O–H groups in total. The highest BCUT2D eigenvalue weighted by atomic mass is 19.1. The predicted molar refractivity (Wildman–Crippen MR) is 66.3 cm³/mol. The maximum atomic E-state index is 13.3. The number of carboxylic acid groups (broad SMARTS) is 1. The molecule has 1 atom stereocenters. The van der Waals surface area contributed by atoms with E-state index in [1.165, 1.54) is 6.07 Å². The van der Waals surface area contributed by atoms with Crippen molar-refractivity contribution >= 4 is 17.0 Å². The van der Waals surface area contributed by atoms with Crippen LogP contribution in [0.25, 0.3) is 11.0 Å². The number of rotatable bonds is 3. The second kappa shape index (κ2) is 4.40. The van der Waals surface area contributed by atoms with Crippen molar-refractivity contribution in [2.75, 3.05) is 0 Å². The number of imidazole rings is 1. The molecule has 96 valence electrons. The molecule has 0 saturated carbocycles. The molecule has 1 aromatic heterocycles. The summed E-state index contributed by atoms with van der Waals surface area (Å²) in [6, 6.07) is 2.26. The van der Waals surface area contributed by atoms with Crippen LogP contribution >= 0.6 is 0 Å². The summed E-state index contributed by atoms with van der Waals surface area (Å²) in [7, 11) is 0. The van der Waals surface area contributed by atoms with Crippen LogP contribution in [-0.4, -0.2) is 21.0 Å². The Balaban J connectivity index is 2.64. The molecule has 2 aromatic rings. The second-order valence-corrected chi connectivity index (χ2v) is 4.81. The largest absolute Gasteiger partial charge is 0.478 e. The Morgan fingerprint density at radius 3 is 2.61 bits per heavy atom. The quantitative estimate of drug-likeness (QED) is 0.879. The topological polar surface area (TPSA) is 66.0 Å². The van der Waals surface area contributed by atoms with Crippen molar-refractivity contribution in [3.05, 3.63) is 29.3 Å². The molecule has 0 saturated heterocycles. The molecule has 1 aromatic carbocycles. The van der Waals surface area contributed by atoms with Gasteiger partial charge in [-0.2, -0.15) is 0 Å². The number of hydrogen-bond acceptors (Lipinski definition) is 2. The number of carbonyl (C=O) groups is 1. The normalized spacial score (nSPS) is 13.2. The van der Waals surface area contributed by atoms with E-state index in [1.807, 2.05) is 6.92 Å². The SMILES string of the molecule is CC(C)C(C)c1nc2c(C(=O)O)cc(F)cc2[nH]1. The van der Waals surface area contributed by atoms with Crippen molar-refractivity contribution < 1.29 is 14.3 Å². The fraction of sp³-hybridized carbons (Fsp3) is 0.385. The minimum Gasteiger partial charge on any atom is -0.478 e. The molecular formula is C13H15FN2O2. The van der Waals surface area contributed by atoms with E-state index in [2.05, 4.69) is 23.8 Å². The molecule has 2 rings (SSSR count). The third kappa shape index (κ3) is 2.08. The molecule has 0 aliphatic carbocycles. The Hall–Kier alpha value is -1.91. The average molecular weight is 250 g/mol. The summed E-state index contributed by atoms with van der Waals surface area (Å²) in [5.41, 5.74) is 0.629. The first-order valence-electron chi connectivity index (χ1n) is 5.82. The van der Waals surface area contributed by atoms with Gasteiger partial charge in [-0.3, -0.25) is 0 Å². The van der Waals surface area contributed by atoms with Gasteiger partial charge >= 0.3 is 5.97 Å². The Morgan fingerprint density at radius 1 is 1.39 bits per heavy atom. The summed E-state index contributed by atoms with van der Waals surface area (Å²) in [5.74, 6) is -0.541. The maximum absolute atomic E-state index is 13.3. The van der Waals surface area contributed by atoms with Crippen LogP contribution in [0.2, 0.25) is 0 Å². The summed E-state index contributed by atoms with van der Waals surface area (Å²) < 4.78 is 13.3. The van der Waals surface area contributed by atoms with Crippen molar-refractivity contribution in [2.45, 2.75) is 26.7 Å². The lowest BCUT2D eigenvalue weighted by Gasteiger charge is -2.11. The van der Waals surface area contributed by atoms with Gasteiger partial charge in [-0.15, -0.1) is 0 Å². The van der Waals surface area contributed by atoms with Gasteiger partial charge in [0, 0.05) is 5.92 Å². The van der Waals surface area contributed by atoms with Gasteiger partial charge in [0.25, 0.3) is 0 Å². The number of benzene rings is 1. The van der Waals surface area contributed by atoms with E-state index in [1.54, 1.807) is 0 Å². The highest BCUT2D eigenvalue weighted by molar-refractivity contribution is 6.01. The minimum atomic E-state index is -1.17. The lowest BCUT2D eigenvalue weighted by Crippen LogP contribution is -2.04. The van der Waals surface area contributed by atoms with Gasteiger partial charge < -0.3 is 10.1 Å². The predicted octanol–water partition coefficient (Wildman–Crippen LogP) is 3.16. The maximum Gasteiger partial charge on any atom is 0.338 e. The first-order valence-corrected chi connectivity index (χ1v) is 5.82. The molecule has 0 aliphatic rings. The van der Waals surface area contributed by atoms with E-state index < -0.39 is 11.8 Å². The third-order valence-electron chi connectivity index (χ3n) is 3.23. The molecular weight excluding hydrogens is 235 g/mol. The second-order valence-electron chi connectivity index (χ2n) is 4.81. The first-order chi connectivity index (χ1) is 8.40. The lowest BCUT2D eigenvalue weighted by atomic mass is 9.98. The number of carboxylic acids is 1. The zero-order valence-corrected chi connectivity index (χ0v) is 10.5. The molecule has 0 bridgehead atoms. The number of nitrogens with zero attached hydrogens (tertiary/aromatic N) is 1. The Bertz CT molecular complexity index is 604. The fourth-order valence-electron chi connectivity index (χ4n) is 1.80. The van der Waals surface area contributed by atoms with E-state index in [0.29, 0.717) is 22.8 Å².